The second kappa shape index (κ2) is 8.57. The molecule has 1 aliphatic carbocycles. The summed E-state index contributed by atoms with van der Waals surface area (Å²) >= 11 is 5.78. The first kappa shape index (κ1) is 19.4. The minimum atomic E-state index is -0.544. The van der Waals surface area contributed by atoms with E-state index < -0.39 is 6.04 Å². The Kier molecular flexibility index (Phi) is 6.16. The van der Waals surface area contributed by atoms with Crippen LogP contribution in [0.2, 0.25) is 0 Å². The average Bonchev–Trinajstić information content (AvgIpc) is 2.93. The predicted octanol–water partition coefficient (Wildman–Crippen LogP) is 3.40. The van der Waals surface area contributed by atoms with Gasteiger partial charge in [-0.15, -0.1) is 11.6 Å². The Morgan fingerprint density at radius 1 is 1.15 bits per heavy atom. The third-order valence-electron chi connectivity index (χ3n) is 4.83. The highest BCUT2D eigenvalue weighted by molar-refractivity contribution is 6.33. The van der Waals surface area contributed by atoms with Crippen molar-refractivity contribution in [3.63, 3.8) is 0 Å². The lowest BCUT2D eigenvalue weighted by Gasteiger charge is -2.19. The van der Waals surface area contributed by atoms with E-state index >= 15 is 0 Å². The minimum absolute atomic E-state index is 0.207. The summed E-state index contributed by atoms with van der Waals surface area (Å²) in [5.41, 5.74) is 2.56. The van der Waals surface area contributed by atoms with Crippen LogP contribution in [0.25, 0.3) is 0 Å². The van der Waals surface area contributed by atoms with E-state index in [0.29, 0.717) is 54.3 Å². The van der Waals surface area contributed by atoms with Gasteiger partial charge in [0.25, 0.3) is 11.8 Å². The van der Waals surface area contributed by atoms with Crippen molar-refractivity contribution >= 4 is 40.8 Å². The number of ether oxygens (including phenoxy) is 1. The van der Waals surface area contributed by atoms with Gasteiger partial charge in [0.05, 0.1) is 12.3 Å². The first-order chi connectivity index (χ1) is 13.1. The van der Waals surface area contributed by atoms with Crippen LogP contribution in [-0.2, 0) is 19.1 Å². The van der Waals surface area contributed by atoms with Crippen LogP contribution in [0.1, 0.15) is 39.0 Å². The van der Waals surface area contributed by atoms with Crippen LogP contribution in [0, 0.1) is 0 Å². The van der Waals surface area contributed by atoms with Crippen molar-refractivity contribution in [3.05, 3.63) is 35.4 Å². The van der Waals surface area contributed by atoms with Gasteiger partial charge in [0, 0.05) is 22.7 Å². The molecule has 0 fully saturated rings. The number of imide groups is 1. The van der Waals surface area contributed by atoms with Gasteiger partial charge in [-0.05, 0) is 63.3 Å². The van der Waals surface area contributed by atoms with E-state index in [-0.39, 0.29) is 17.8 Å². The molecule has 1 aliphatic heterocycles. The number of benzene rings is 1. The van der Waals surface area contributed by atoms with Crippen LogP contribution >= 0.6 is 11.6 Å². The van der Waals surface area contributed by atoms with Crippen LogP contribution < -0.4 is 10.2 Å². The predicted molar refractivity (Wildman–Crippen MR) is 104 cm³/mol. The molecule has 1 atom stereocenters. The van der Waals surface area contributed by atoms with Gasteiger partial charge < -0.3 is 10.1 Å². The summed E-state index contributed by atoms with van der Waals surface area (Å²) in [7, 11) is 0. The maximum absolute atomic E-state index is 12.6. The second-order valence-corrected chi connectivity index (χ2v) is 6.96. The van der Waals surface area contributed by atoms with E-state index in [1.807, 2.05) is 0 Å². The molecule has 0 saturated heterocycles. The fourth-order valence-corrected chi connectivity index (χ4v) is 3.70. The van der Waals surface area contributed by atoms with Gasteiger partial charge in [0.15, 0.2) is 0 Å². The van der Waals surface area contributed by atoms with Crippen molar-refractivity contribution in [3.8, 4) is 0 Å². The van der Waals surface area contributed by atoms with E-state index in [9.17, 15) is 14.4 Å². The first-order valence-electron chi connectivity index (χ1n) is 9.26. The lowest BCUT2D eigenvalue weighted by molar-refractivity contribution is -0.144. The molecule has 3 rings (SSSR count). The highest BCUT2D eigenvalue weighted by Crippen LogP contribution is 2.35. The number of carbonyl (C=O) groups is 3. The molecule has 2 aliphatic rings. The average molecular weight is 391 g/mol. The number of alkyl halides is 1. The molecule has 0 aromatic heterocycles. The standard InChI is InChI=1S/C20H23ClN2O4/c1-2-27-20(26)17(11-12-21)22-13-7-9-14(10-8-13)23-18(24)15-5-3-4-6-16(15)19(23)25/h7-10,17,22H,2-6,11-12H2,1H3. The van der Waals surface area contributed by atoms with E-state index in [4.69, 9.17) is 16.3 Å². The normalized spacial score (nSPS) is 17.8. The zero-order valence-electron chi connectivity index (χ0n) is 15.3. The van der Waals surface area contributed by atoms with Crippen molar-refractivity contribution in [2.45, 2.75) is 45.1 Å². The van der Waals surface area contributed by atoms with Gasteiger partial charge in [-0.25, -0.2) is 9.69 Å². The summed E-state index contributed by atoms with van der Waals surface area (Å²) in [6, 6.07) is 6.36. The summed E-state index contributed by atoms with van der Waals surface area (Å²) in [6.45, 7) is 2.05. The number of rotatable bonds is 7. The second-order valence-electron chi connectivity index (χ2n) is 6.58. The fourth-order valence-electron chi connectivity index (χ4n) is 3.48. The third kappa shape index (κ3) is 4.00. The maximum Gasteiger partial charge on any atom is 0.328 e. The van der Waals surface area contributed by atoms with E-state index in [1.165, 1.54) is 4.90 Å². The zero-order chi connectivity index (χ0) is 19.4. The molecule has 1 aromatic rings. The van der Waals surface area contributed by atoms with Gasteiger partial charge in [-0.1, -0.05) is 0 Å². The number of halogens is 1. The van der Waals surface area contributed by atoms with Crippen molar-refractivity contribution in [1.29, 1.82) is 0 Å². The van der Waals surface area contributed by atoms with Crippen LogP contribution in [0.4, 0.5) is 11.4 Å². The maximum atomic E-state index is 12.6. The quantitative estimate of drug-likeness (QED) is 0.438. The Morgan fingerprint density at radius 2 is 1.74 bits per heavy atom. The van der Waals surface area contributed by atoms with Crippen molar-refractivity contribution < 1.29 is 19.1 Å². The zero-order valence-corrected chi connectivity index (χ0v) is 16.1. The number of hydrogen-bond acceptors (Lipinski definition) is 5. The Balaban J connectivity index is 1.73. The van der Waals surface area contributed by atoms with Gasteiger partial charge in [-0.3, -0.25) is 9.59 Å². The van der Waals surface area contributed by atoms with E-state index in [1.54, 1.807) is 31.2 Å². The highest BCUT2D eigenvalue weighted by atomic mass is 35.5. The van der Waals surface area contributed by atoms with E-state index in [0.717, 1.165) is 12.8 Å². The molecule has 1 N–H and O–H groups in total. The summed E-state index contributed by atoms with van der Waals surface area (Å²) in [5, 5.41) is 3.10. The molecule has 1 aromatic carbocycles. The summed E-state index contributed by atoms with van der Waals surface area (Å²) in [5.74, 6) is -0.448. The molecule has 1 heterocycles. The molecule has 6 nitrogen and oxygen atoms in total. The molecule has 0 spiro atoms. The van der Waals surface area contributed by atoms with Gasteiger partial charge in [0.1, 0.15) is 6.04 Å². The summed E-state index contributed by atoms with van der Waals surface area (Å²) in [4.78, 5) is 38.5. The molecule has 0 bridgehead atoms. The number of hydrogen-bond donors (Lipinski definition) is 1. The summed E-state index contributed by atoms with van der Waals surface area (Å²) < 4.78 is 5.05. The smallest absolute Gasteiger partial charge is 0.328 e. The van der Waals surface area contributed by atoms with Gasteiger partial charge >= 0.3 is 5.97 Å². The molecule has 7 heteroatoms. The highest BCUT2D eigenvalue weighted by Gasteiger charge is 2.39. The molecule has 0 radical (unpaired) electrons. The first-order valence-corrected chi connectivity index (χ1v) is 9.80. The minimum Gasteiger partial charge on any atom is -0.464 e. The fraction of sp³-hybridized carbons (Fsp3) is 0.450. The number of carbonyl (C=O) groups excluding carboxylic acids is 3. The number of esters is 1. The lowest BCUT2D eigenvalue weighted by Crippen LogP contribution is -2.32. The molecule has 0 saturated carbocycles. The van der Waals surface area contributed by atoms with Crippen LogP contribution in [-0.4, -0.2) is 36.3 Å². The Bertz CT molecular complexity index is 745. The van der Waals surface area contributed by atoms with Gasteiger partial charge in [0.2, 0.25) is 0 Å². The number of nitrogens with one attached hydrogen (secondary N) is 1. The summed E-state index contributed by atoms with van der Waals surface area (Å²) in [6.07, 6.45) is 3.68. The molecule has 2 amide bonds. The molecule has 144 valence electrons. The monoisotopic (exact) mass is 390 g/mol. The van der Waals surface area contributed by atoms with Crippen molar-refractivity contribution in [2.75, 3.05) is 22.7 Å². The Labute approximate surface area is 163 Å². The van der Waals surface area contributed by atoms with E-state index in [2.05, 4.69) is 5.32 Å². The lowest BCUT2D eigenvalue weighted by atomic mass is 9.93. The van der Waals surface area contributed by atoms with Crippen LogP contribution in [0.3, 0.4) is 0 Å². The number of nitrogens with zero attached hydrogens (tertiary/aromatic N) is 1. The topological polar surface area (TPSA) is 75.7 Å². The van der Waals surface area contributed by atoms with Crippen molar-refractivity contribution in [1.82, 2.24) is 0 Å². The molecule has 27 heavy (non-hydrogen) atoms. The third-order valence-corrected chi connectivity index (χ3v) is 5.04. The van der Waals surface area contributed by atoms with Crippen LogP contribution in [0.5, 0.6) is 0 Å². The number of amides is 2. The number of anilines is 2. The molecular weight excluding hydrogens is 368 g/mol. The van der Waals surface area contributed by atoms with Crippen LogP contribution in [0.15, 0.2) is 35.4 Å². The molecular formula is C20H23ClN2O4. The SMILES string of the molecule is CCOC(=O)C(CCCl)Nc1ccc(N2C(=O)C3=C(CCCC3)C2=O)cc1. The molecule has 1 unspecified atom stereocenters. The van der Waals surface area contributed by atoms with Gasteiger partial charge in [-0.2, -0.15) is 0 Å². The largest absolute Gasteiger partial charge is 0.464 e. The Morgan fingerprint density at radius 3 is 2.26 bits per heavy atom. The van der Waals surface area contributed by atoms with Crippen molar-refractivity contribution in [2.24, 2.45) is 0 Å². The Hall–Kier alpha value is -2.34.